The maximum absolute atomic E-state index is 12.5. The van der Waals surface area contributed by atoms with Gasteiger partial charge in [-0.2, -0.15) is 0 Å². The lowest BCUT2D eigenvalue weighted by molar-refractivity contribution is -0.120. The number of nitrogens with one attached hydrogen (secondary N) is 1. The molecule has 3 nitrogen and oxygen atoms in total. The van der Waals surface area contributed by atoms with E-state index in [4.69, 9.17) is 5.73 Å². The van der Waals surface area contributed by atoms with E-state index in [0.29, 0.717) is 12.8 Å². The van der Waals surface area contributed by atoms with Crippen molar-refractivity contribution in [3.05, 3.63) is 65.2 Å². The van der Waals surface area contributed by atoms with Gasteiger partial charge in [-0.1, -0.05) is 43.3 Å². The highest BCUT2D eigenvalue weighted by molar-refractivity contribution is 5.99. The Morgan fingerprint density at radius 2 is 1.67 bits per heavy atom. The molecule has 0 radical (unpaired) electrons. The summed E-state index contributed by atoms with van der Waals surface area (Å²) < 4.78 is 0. The molecule has 21 heavy (non-hydrogen) atoms. The Morgan fingerprint density at radius 1 is 1.10 bits per heavy atom. The number of amides is 1. The third kappa shape index (κ3) is 2.69. The van der Waals surface area contributed by atoms with Crippen LogP contribution in [0.4, 0.5) is 5.69 Å². The first-order valence-corrected chi connectivity index (χ1v) is 7.37. The molecule has 3 N–H and O–H groups in total. The van der Waals surface area contributed by atoms with Crippen LogP contribution in [0.5, 0.6) is 0 Å². The lowest BCUT2D eigenvalue weighted by Gasteiger charge is -2.22. The van der Waals surface area contributed by atoms with E-state index in [0.717, 1.165) is 12.1 Å². The number of hydrogen-bond donors (Lipinski definition) is 2. The second-order valence-electron chi connectivity index (χ2n) is 5.78. The van der Waals surface area contributed by atoms with Crippen molar-refractivity contribution in [2.75, 3.05) is 5.32 Å². The van der Waals surface area contributed by atoms with Crippen LogP contribution in [0.1, 0.15) is 23.6 Å². The molecule has 1 amide bonds. The summed E-state index contributed by atoms with van der Waals surface area (Å²) >= 11 is 0. The lowest BCUT2D eigenvalue weighted by Crippen LogP contribution is -2.52. The zero-order valence-corrected chi connectivity index (χ0v) is 12.2. The maximum atomic E-state index is 12.5. The van der Waals surface area contributed by atoms with Crippen LogP contribution in [0.3, 0.4) is 0 Å². The maximum Gasteiger partial charge on any atom is 0.245 e. The van der Waals surface area contributed by atoms with E-state index in [2.05, 4.69) is 12.2 Å². The summed E-state index contributed by atoms with van der Waals surface area (Å²) in [6.45, 7) is 2.11. The van der Waals surface area contributed by atoms with Crippen molar-refractivity contribution in [1.29, 1.82) is 0 Å². The fourth-order valence-corrected chi connectivity index (χ4v) is 2.88. The highest BCUT2D eigenvalue weighted by atomic mass is 16.2. The van der Waals surface area contributed by atoms with Crippen LogP contribution in [0.2, 0.25) is 0 Å². The molecule has 2 aromatic carbocycles. The number of carbonyl (C=O) groups excluding carboxylic acids is 1. The van der Waals surface area contributed by atoms with Gasteiger partial charge >= 0.3 is 0 Å². The Morgan fingerprint density at radius 3 is 2.19 bits per heavy atom. The smallest absolute Gasteiger partial charge is 0.245 e. The summed E-state index contributed by atoms with van der Waals surface area (Å²) in [7, 11) is 0. The molecule has 0 saturated carbocycles. The quantitative estimate of drug-likeness (QED) is 0.908. The molecule has 2 aromatic rings. The summed E-state index contributed by atoms with van der Waals surface area (Å²) in [5.41, 5.74) is 9.92. The topological polar surface area (TPSA) is 55.1 Å². The molecule has 0 saturated heterocycles. The van der Waals surface area contributed by atoms with Gasteiger partial charge in [0.1, 0.15) is 5.54 Å². The van der Waals surface area contributed by atoms with Gasteiger partial charge in [-0.15, -0.1) is 0 Å². The standard InChI is InChI=1S/C18H20N2O/c1-2-13-7-9-16(10-8-13)20-17(21)18(19)11-14-5-3-4-6-15(14)12-18/h3-10H,2,11-12,19H2,1H3,(H,20,21). The minimum Gasteiger partial charge on any atom is -0.324 e. The molecule has 0 heterocycles. The Balaban J connectivity index is 1.74. The first-order chi connectivity index (χ1) is 10.1. The van der Waals surface area contributed by atoms with E-state index in [1.165, 1.54) is 16.7 Å². The van der Waals surface area contributed by atoms with Crippen molar-refractivity contribution in [3.63, 3.8) is 0 Å². The number of anilines is 1. The Kier molecular flexibility index (Phi) is 3.52. The van der Waals surface area contributed by atoms with Crippen LogP contribution in [-0.4, -0.2) is 11.4 Å². The molecule has 0 atom stereocenters. The van der Waals surface area contributed by atoms with E-state index in [1.54, 1.807) is 0 Å². The van der Waals surface area contributed by atoms with Gasteiger partial charge in [-0.3, -0.25) is 4.79 Å². The van der Waals surface area contributed by atoms with Gasteiger partial charge in [0.2, 0.25) is 5.91 Å². The molecule has 0 fully saturated rings. The van der Waals surface area contributed by atoms with Crippen LogP contribution in [0, 0.1) is 0 Å². The third-order valence-corrected chi connectivity index (χ3v) is 4.20. The summed E-state index contributed by atoms with van der Waals surface area (Å²) in [5, 5.41) is 2.95. The average Bonchev–Trinajstić information content (AvgIpc) is 2.85. The first-order valence-electron chi connectivity index (χ1n) is 7.37. The second-order valence-corrected chi connectivity index (χ2v) is 5.78. The number of nitrogens with two attached hydrogens (primary N) is 1. The van der Waals surface area contributed by atoms with E-state index >= 15 is 0 Å². The van der Waals surface area contributed by atoms with Gasteiger partial charge in [0.25, 0.3) is 0 Å². The summed E-state index contributed by atoms with van der Waals surface area (Å²) in [6.07, 6.45) is 2.19. The molecular weight excluding hydrogens is 260 g/mol. The Bertz CT molecular complexity index is 636. The fourth-order valence-electron chi connectivity index (χ4n) is 2.88. The summed E-state index contributed by atoms with van der Waals surface area (Å²) in [4.78, 5) is 12.5. The molecule has 0 aliphatic heterocycles. The normalized spacial score (nSPS) is 15.5. The molecule has 0 aromatic heterocycles. The predicted molar refractivity (Wildman–Crippen MR) is 85.2 cm³/mol. The number of benzene rings is 2. The second kappa shape index (κ2) is 5.34. The third-order valence-electron chi connectivity index (χ3n) is 4.20. The minimum atomic E-state index is -0.840. The van der Waals surface area contributed by atoms with Crippen molar-refractivity contribution in [2.45, 2.75) is 31.7 Å². The van der Waals surface area contributed by atoms with Gasteiger partial charge in [0.05, 0.1) is 0 Å². The van der Waals surface area contributed by atoms with E-state index < -0.39 is 5.54 Å². The molecule has 108 valence electrons. The summed E-state index contributed by atoms with van der Waals surface area (Å²) in [5.74, 6) is -0.108. The van der Waals surface area contributed by atoms with Crippen LogP contribution in [-0.2, 0) is 24.1 Å². The number of fused-ring (bicyclic) bond motifs is 1. The molecule has 0 spiro atoms. The Hall–Kier alpha value is -2.13. The van der Waals surface area contributed by atoms with Crippen molar-refractivity contribution >= 4 is 11.6 Å². The molecule has 1 aliphatic rings. The molecule has 1 aliphatic carbocycles. The average molecular weight is 280 g/mol. The van der Waals surface area contributed by atoms with Crippen molar-refractivity contribution in [1.82, 2.24) is 0 Å². The van der Waals surface area contributed by atoms with Crippen LogP contribution < -0.4 is 11.1 Å². The molecular formula is C18H20N2O. The number of rotatable bonds is 3. The van der Waals surface area contributed by atoms with Gasteiger partial charge in [0.15, 0.2) is 0 Å². The SMILES string of the molecule is CCc1ccc(NC(=O)C2(N)Cc3ccccc3C2)cc1. The van der Waals surface area contributed by atoms with Gasteiger partial charge in [0, 0.05) is 5.69 Å². The van der Waals surface area contributed by atoms with Crippen molar-refractivity contribution in [2.24, 2.45) is 5.73 Å². The minimum absolute atomic E-state index is 0.108. The molecule has 0 unspecified atom stereocenters. The number of aryl methyl sites for hydroxylation is 1. The van der Waals surface area contributed by atoms with Gasteiger partial charge < -0.3 is 11.1 Å². The first kappa shape index (κ1) is 13.8. The van der Waals surface area contributed by atoms with E-state index in [9.17, 15) is 4.79 Å². The van der Waals surface area contributed by atoms with Crippen LogP contribution in [0.25, 0.3) is 0 Å². The molecule has 3 rings (SSSR count). The van der Waals surface area contributed by atoms with Crippen molar-refractivity contribution in [3.8, 4) is 0 Å². The number of carbonyl (C=O) groups is 1. The number of hydrogen-bond acceptors (Lipinski definition) is 2. The van der Waals surface area contributed by atoms with Crippen molar-refractivity contribution < 1.29 is 4.79 Å². The van der Waals surface area contributed by atoms with Gasteiger partial charge in [-0.05, 0) is 48.1 Å². The van der Waals surface area contributed by atoms with Crippen LogP contribution in [0.15, 0.2) is 48.5 Å². The molecule has 0 bridgehead atoms. The lowest BCUT2D eigenvalue weighted by atomic mass is 9.96. The summed E-state index contributed by atoms with van der Waals surface area (Å²) in [6, 6.07) is 16.0. The van der Waals surface area contributed by atoms with E-state index in [1.807, 2.05) is 48.5 Å². The fraction of sp³-hybridized carbons (Fsp3) is 0.278. The largest absolute Gasteiger partial charge is 0.324 e. The highest BCUT2D eigenvalue weighted by Crippen LogP contribution is 2.29. The zero-order valence-electron chi connectivity index (χ0n) is 12.2. The Labute approximate surface area is 125 Å². The van der Waals surface area contributed by atoms with Crippen LogP contribution >= 0.6 is 0 Å². The zero-order chi connectivity index (χ0) is 14.9. The van der Waals surface area contributed by atoms with Gasteiger partial charge in [-0.25, -0.2) is 0 Å². The highest BCUT2D eigenvalue weighted by Gasteiger charge is 2.40. The predicted octanol–water partition coefficient (Wildman–Crippen LogP) is 2.68. The molecule has 3 heteroatoms. The van der Waals surface area contributed by atoms with E-state index in [-0.39, 0.29) is 5.91 Å². The monoisotopic (exact) mass is 280 g/mol.